The topological polar surface area (TPSA) is 140 Å². The molecule has 13 heteroatoms. The maximum atomic E-state index is 12.4. The van der Waals surface area contributed by atoms with Gasteiger partial charge >= 0.3 is 17.9 Å². The Kier molecular flexibility index (Phi) is 10.2. The number of hydrogen-bond acceptors (Lipinski definition) is 10. The number of nitrogens with zero attached hydrogens (tertiary/aromatic N) is 3. The Balaban J connectivity index is 2.22. The van der Waals surface area contributed by atoms with E-state index in [0.29, 0.717) is 17.1 Å². The molecule has 1 amide bonds. The fraction of sp³-hybridized carbons (Fsp3) is 0.556. The highest BCUT2D eigenvalue weighted by Crippen LogP contribution is 2.34. The summed E-state index contributed by atoms with van der Waals surface area (Å²) in [6.07, 6.45) is -4.63. The maximum Gasteiger partial charge on any atom is 0.303 e. The highest BCUT2D eigenvalue weighted by Gasteiger charge is 2.52. The van der Waals surface area contributed by atoms with Crippen LogP contribution in [0.15, 0.2) is 24.3 Å². The Morgan fingerprint density at radius 2 is 1.60 bits per heavy atom. The summed E-state index contributed by atoms with van der Waals surface area (Å²) < 4.78 is 26.2. The van der Waals surface area contributed by atoms with Crippen LogP contribution in [0.2, 0.25) is 0 Å². The van der Waals surface area contributed by atoms with E-state index < -0.39 is 54.4 Å². The quantitative estimate of drug-likeness (QED) is 0.269. The summed E-state index contributed by atoms with van der Waals surface area (Å²) in [5, 5.41) is 7.58. The predicted molar refractivity (Wildman–Crippen MR) is 145 cm³/mol. The van der Waals surface area contributed by atoms with Crippen LogP contribution in [-0.2, 0) is 44.7 Å². The van der Waals surface area contributed by atoms with Gasteiger partial charge in [-0.3, -0.25) is 23.7 Å². The van der Waals surface area contributed by atoms with E-state index in [9.17, 15) is 19.2 Å². The van der Waals surface area contributed by atoms with Crippen molar-refractivity contribution in [3.05, 3.63) is 34.6 Å². The van der Waals surface area contributed by atoms with E-state index in [1.807, 2.05) is 49.6 Å². The fourth-order valence-electron chi connectivity index (χ4n) is 4.54. The highest BCUT2D eigenvalue weighted by molar-refractivity contribution is 7.71. The lowest BCUT2D eigenvalue weighted by Crippen LogP contribution is -2.64. The fourth-order valence-corrected chi connectivity index (χ4v) is 4.85. The molecule has 1 N–H and O–H groups in total. The van der Waals surface area contributed by atoms with Gasteiger partial charge in [-0.15, -0.1) is 5.10 Å². The SMILES string of the molecule is CC(=O)N[C@@H]1[C@@H](OC(C)=O)[C@H](OC(C)=O)[C@@H](COC(C)=O)O[C@H]1n1nc(-c2ccc(C)cc2)n(CC(C)C)c1=S. The summed E-state index contributed by atoms with van der Waals surface area (Å²) >= 11 is 5.87. The summed E-state index contributed by atoms with van der Waals surface area (Å²) in [7, 11) is 0. The molecule has 1 aliphatic rings. The van der Waals surface area contributed by atoms with Crippen LogP contribution in [0.3, 0.4) is 0 Å². The predicted octanol–water partition coefficient (Wildman–Crippen LogP) is 2.87. The first kappa shape index (κ1) is 31.0. The molecule has 0 saturated carbocycles. The van der Waals surface area contributed by atoms with Gasteiger partial charge in [0, 0.05) is 39.8 Å². The van der Waals surface area contributed by atoms with Crippen LogP contribution in [0.25, 0.3) is 11.4 Å². The smallest absolute Gasteiger partial charge is 0.303 e. The Labute approximate surface area is 237 Å². The number of carbonyl (C=O) groups is 4. The van der Waals surface area contributed by atoms with E-state index >= 15 is 0 Å². The van der Waals surface area contributed by atoms with Crippen molar-refractivity contribution in [3.63, 3.8) is 0 Å². The van der Waals surface area contributed by atoms with Gasteiger partial charge < -0.3 is 24.3 Å². The second kappa shape index (κ2) is 13.2. The van der Waals surface area contributed by atoms with E-state index in [1.165, 1.54) is 32.4 Å². The molecule has 0 bridgehead atoms. The number of aromatic nitrogens is 3. The molecule has 1 aromatic carbocycles. The molecule has 5 atom stereocenters. The average molecular weight is 577 g/mol. The highest BCUT2D eigenvalue weighted by atomic mass is 32.1. The Morgan fingerprint density at radius 1 is 1.00 bits per heavy atom. The zero-order chi connectivity index (χ0) is 29.7. The van der Waals surface area contributed by atoms with Gasteiger partial charge in [-0.1, -0.05) is 43.7 Å². The molecule has 0 radical (unpaired) electrons. The first-order valence-corrected chi connectivity index (χ1v) is 13.4. The van der Waals surface area contributed by atoms with Gasteiger partial charge in [-0.2, -0.15) is 0 Å². The van der Waals surface area contributed by atoms with Gasteiger partial charge in [0.15, 0.2) is 24.3 Å². The maximum absolute atomic E-state index is 12.4. The van der Waals surface area contributed by atoms with E-state index in [4.69, 9.17) is 36.3 Å². The van der Waals surface area contributed by atoms with Crippen LogP contribution < -0.4 is 5.32 Å². The minimum Gasteiger partial charge on any atom is -0.463 e. The largest absolute Gasteiger partial charge is 0.463 e. The second-order valence-electron chi connectivity index (χ2n) is 10.2. The molecular weight excluding hydrogens is 540 g/mol. The zero-order valence-electron chi connectivity index (χ0n) is 23.7. The monoisotopic (exact) mass is 576 g/mol. The van der Waals surface area contributed by atoms with Crippen molar-refractivity contribution in [2.45, 2.75) is 85.6 Å². The molecule has 1 aliphatic heterocycles. The second-order valence-corrected chi connectivity index (χ2v) is 10.5. The molecule has 2 aromatic rings. The summed E-state index contributed by atoms with van der Waals surface area (Å²) in [6.45, 7) is 11.2. The molecule has 1 aromatic heterocycles. The molecule has 2 heterocycles. The number of aryl methyl sites for hydroxylation is 1. The minimum atomic E-state index is -1.22. The zero-order valence-corrected chi connectivity index (χ0v) is 24.5. The van der Waals surface area contributed by atoms with Crippen molar-refractivity contribution in [2.75, 3.05) is 6.61 Å². The van der Waals surface area contributed by atoms with Gasteiger partial charge in [-0.25, -0.2) is 4.68 Å². The first-order chi connectivity index (χ1) is 18.8. The van der Waals surface area contributed by atoms with Crippen LogP contribution in [0.1, 0.15) is 53.3 Å². The summed E-state index contributed by atoms with van der Waals surface area (Å²) in [4.78, 5) is 48.3. The molecular formula is C27H36N4O8S. The van der Waals surface area contributed by atoms with Crippen LogP contribution in [0, 0.1) is 17.6 Å². The number of amides is 1. The summed E-state index contributed by atoms with van der Waals surface area (Å²) in [6, 6.07) is 6.72. The van der Waals surface area contributed by atoms with Crippen LogP contribution in [0.4, 0.5) is 0 Å². The number of carbonyl (C=O) groups excluding carboxylic acids is 4. The van der Waals surface area contributed by atoms with Crippen molar-refractivity contribution >= 4 is 36.0 Å². The lowest BCUT2D eigenvalue weighted by molar-refractivity contribution is -0.239. The van der Waals surface area contributed by atoms with E-state index in [0.717, 1.165) is 11.1 Å². The minimum absolute atomic E-state index is 0.214. The van der Waals surface area contributed by atoms with Gasteiger partial charge in [0.05, 0.1) is 0 Å². The Morgan fingerprint density at radius 3 is 2.12 bits per heavy atom. The lowest BCUT2D eigenvalue weighted by atomic mass is 9.95. The van der Waals surface area contributed by atoms with Crippen LogP contribution >= 0.6 is 12.2 Å². The average Bonchev–Trinajstić information content (AvgIpc) is 3.15. The molecule has 0 spiro atoms. The normalized spacial score (nSPS) is 22.4. The van der Waals surface area contributed by atoms with Crippen molar-refractivity contribution < 1.29 is 38.1 Å². The van der Waals surface area contributed by atoms with Crippen molar-refractivity contribution in [3.8, 4) is 11.4 Å². The van der Waals surface area contributed by atoms with Gasteiger partial charge in [0.2, 0.25) is 10.7 Å². The third-order valence-corrected chi connectivity index (χ3v) is 6.48. The molecule has 0 unspecified atom stereocenters. The van der Waals surface area contributed by atoms with Gasteiger partial charge in [-0.05, 0) is 25.1 Å². The first-order valence-electron chi connectivity index (χ1n) is 12.9. The van der Waals surface area contributed by atoms with E-state index in [-0.39, 0.29) is 12.5 Å². The molecule has 12 nitrogen and oxygen atoms in total. The van der Waals surface area contributed by atoms with E-state index in [2.05, 4.69) is 5.32 Å². The third-order valence-electron chi connectivity index (χ3n) is 6.07. The molecule has 40 heavy (non-hydrogen) atoms. The molecule has 1 fully saturated rings. The molecule has 3 rings (SSSR count). The molecule has 1 saturated heterocycles. The summed E-state index contributed by atoms with van der Waals surface area (Å²) in [5.41, 5.74) is 1.89. The van der Waals surface area contributed by atoms with Crippen molar-refractivity contribution in [1.29, 1.82) is 0 Å². The summed E-state index contributed by atoms with van der Waals surface area (Å²) in [5.74, 6) is -1.62. The Bertz CT molecular complexity index is 1300. The Hall–Kier alpha value is -3.58. The van der Waals surface area contributed by atoms with Crippen molar-refractivity contribution in [2.24, 2.45) is 5.92 Å². The molecule has 218 valence electrons. The number of hydrogen-bond donors (Lipinski definition) is 1. The van der Waals surface area contributed by atoms with Crippen molar-refractivity contribution in [1.82, 2.24) is 19.7 Å². The van der Waals surface area contributed by atoms with Gasteiger partial charge in [0.1, 0.15) is 18.8 Å². The number of benzene rings is 1. The lowest BCUT2D eigenvalue weighted by Gasteiger charge is -2.45. The standard InChI is InChI=1S/C27H36N4O8S/c1-14(2)12-30-25(20-10-8-15(3)9-11-20)29-31(27(30)40)26-22(28-16(4)32)24(38-19(7)35)23(37-18(6)34)21(39-26)13-36-17(5)33/h8-11,14,21-24,26H,12-13H2,1-7H3,(H,28,32)/t21-,22-,23-,24-,26-/m1/s1. The van der Waals surface area contributed by atoms with E-state index in [1.54, 1.807) is 0 Å². The van der Waals surface area contributed by atoms with Crippen LogP contribution in [-0.4, -0.2) is 69.1 Å². The third kappa shape index (κ3) is 7.54. The number of rotatable bonds is 9. The number of esters is 3. The number of nitrogens with one attached hydrogen (secondary N) is 1. The number of ether oxygens (including phenoxy) is 4. The molecule has 0 aliphatic carbocycles. The van der Waals surface area contributed by atoms with Gasteiger partial charge in [0.25, 0.3) is 0 Å². The van der Waals surface area contributed by atoms with Crippen LogP contribution in [0.5, 0.6) is 0 Å².